The molecular weight excluding hydrogens is 366 g/mol. The van der Waals surface area contributed by atoms with E-state index in [4.69, 9.17) is 16.3 Å². The van der Waals surface area contributed by atoms with E-state index in [9.17, 15) is 14.4 Å². The predicted molar refractivity (Wildman–Crippen MR) is 102 cm³/mol. The van der Waals surface area contributed by atoms with Gasteiger partial charge in [0.25, 0.3) is 0 Å². The van der Waals surface area contributed by atoms with E-state index in [1.165, 1.54) is 11.8 Å². The first-order valence-electron chi connectivity index (χ1n) is 8.46. The molecule has 0 bridgehead atoms. The summed E-state index contributed by atoms with van der Waals surface area (Å²) in [6, 6.07) is 13.5. The van der Waals surface area contributed by atoms with Gasteiger partial charge in [-0.3, -0.25) is 14.4 Å². The van der Waals surface area contributed by atoms with Crippen LogP contribution in [0.3, 0.4) is 0 Å². The third-order valence-electron chi connectivity index (χ3n) is 4.36. The molecule has 3 rings (SSSR count). The Bertz CT molecular complexity index is 905. The van der Waals surface area contributed by atoms with Crippen molar-refractivity contribution in [2.24, 2.45) is 0 Å². The number of ether oxygens (including phenoxy) is 1. The van der Waals surface area contributed by atoms with E-state index >= 15 is 0 Å². The van der Waals surface area contributed by atoms with Crippen LogP contribution in [0.5, 0.6) is 0 Å². The van der Waals surface area contributed by atoms with Crippen LogP contribution >= 0.6 is 11.6 Å². The molecule has 1 aliphatic rings. The van der Waals surface area contributed by atoms with Gasteiger partial charge in [-0.05, 0) is 41.5 Å². The Morgan fingerprint density at radius 2 is 1.78 bits per heavy atom. The van der Waals surface area contributed by atoms with Gasteiger partial charge >= 0.3 is 5.97 Å². The summed E-state index contributed by atoms with van der Waals surface area (Å²) in [4.78, 5) is 37.9. The zero-order valence-electron chi connectivity index (χ0n) is 14.7. The highest BCUT2D eigenvalue weighted by Crippen LogP contribution is 2.33. The molecule has 1 aliphatic heterocycles. The van der Waals surface area contributed by atoms with E-state index in [0.29, 0.717) is 10.6 Å². The largest absolute Gasteiger partial charge is 0.457 e. The summed E-state index contributed by atoms with van der Waals surface area (Å²) in [7, 11) is 0. The number of carbonyl (C=O) groups excluding carboxylic acids is 3. The van der Waals surface area contributed by atoms with Gasteiger partial charge in [0.15, 0.2) is 12.4 Å². The van der Waals surface area contributed by atoms with Gasteiger partial charge in [-0.2, -0.15) is 0 Å². The van der Waals surface area contributed by atoms with Crippen LogP contribution in [0, 0.1) is 0 Å². The van der Waals surface area contributed by atoms with Crippen molar-refractivity contribution in [3.8, 4) is 0 Å². The molecule has 0 saturated carbocycles. The van der Waals surface area contributed by atoms with Crippen LogP contribution in [0.4, 0.5) is 0 Å². The molecule has 0 unspecified atom stereocenters. The first-order chi connectivity index (χ1) is 13.0. The molecular formula is C21H18ClNO4. The number of benzene rings is 2. The average molecular weight is 384 g/mol. The van der Waals surface area contributed by atoms with Gasteiger partial charge in [-0.1, -0.05) is 35.9 Å². The summed E-state index contributed by atoms with van der Waals surface area (Å²) >= 11 is 5.80. The number of hydrogen-bond acceptors (Lipinski definition) is 4. The van der Waals surface area contributed by atoms with E-state index in [0.717, 1.165) is 11.1 Å². The van der Waals surface area contributed by atoms with Crippen LogP contribution in [0.15, 0.2) is 54.7 Å². The fraction of sp³-hybridized carbons (Fsp3) is 0.190. The normalized spacial score (nSPS) is 15.2. The van der Waals surface area contributed by atoms with Crippen molar-refractivity contribution in [1.82, 2.24) is 4.90 Å². The molecule has 1 heterocycles. The van der Waals surface area contributed by atoms with Crippen molar-refractivity contribution in [3.05, 3.63) is 76.4 Å². The van der Waals surface area contributed by atoms with Crippen molar-refractivity contribution in [3.63, 3.8) is 0 Å². The zero-order chi connectivity index (χ0) is 19.4. The average Bonchev–Trinajstić information content (AvgIpc) is 2.66. The first-order valence-corrected chi connectivity index (χ1v) is 8.84. The Balaban J connectivity index is 1.67. The number of nitrogens with zero attached hydrogens (tertiary/aromatic N) is 1. The fourth-order valence-corrected chi connectivity index (χ4v) is 3.12. The summed E-state index contributed by atoms with van der Waals surface area (Å²) in [5.41, 5.74) is 2.24. The lowest BCUT2D eigenvalue weighted by molar-refractivity contribution is -0.144. The maximum atomic E-state index is 12.3. The highest BCUT2D eigenvalue weighted by molar-refractivity contribution is 6.30. The van der Waals surface area contributed by atoms with Crippen LogP contribution in [-0.4, -0.2) is 29.2 Å². The lowest BCUT2D eigenvalue weighted by atomic mass is 9.94. The Morgan fingerprint density at radius 3 is 2.48 bits per heavy atom. The van der Waals surface area contributed by atoms with Crippen molar-refractivity contribution in [2.45, 2.75) is 19.4 Å². The minimum Gasteiger partial charge on any atom is -0.457 e. The molecule has 138 valence electrons. The minimum atomic E-state index is -0.543. The predicted octanol–water partition coefficient (Wildman–Crippen LogP) is 4.03. The van der Waals surface area contributed by atoms with Crippen molar-refractivity contribution in [1.29, 1.82) is 0 Å². The summed E-state index contributed by atoms with van der Waals surface area (Å²) in [5, 5.41) is 0.525. The second kappa shape index (κ2) is 8.18. The van der Waals surface area contributed by atoms with Gasteiger partial charge in [0.1, 0.15) is 0 Å². The summed E-state index contributed by atoms with van der Waals surface area (Å²) in [6.07, 6.45) is 3.47. The number of hydrogen-bond donors (Lipinski definition) is 0. The van der Waals surface area contributed by atoms with E-state index in [-0.39, 0.29) is 24.7 Å². The maximum Gasteiger partial charge on any atom is 0.308 e. The molecule has 2 aromatic carbocycles. The molecule has 5 nitrogen and oxygen atoms in total. The molecule has 6 heteroatoms. The number of rotatable bonds is 5. The van der Waals surface area contributed by atoms with Crippen molar-refractivity contribution in [2.75, 3.05) is 6.61 Å². The molecule has 0 fully saturated rings. The minimum absolute atomic E-state index is 0.0329. The van der Waals surface area contributed by atoms with Crippen LogP contribution in [0.2, 0.25) is 5.02 Å². The number of halogens is 1. The van der Waals surface area contributed by atoms with Crippen molar-refractivity contribution >= 4 is 35.3 Å². The summed E-state index contributed by atoms with van der Waals surface area (Å²) < 4.78 is 5.15. The maximum absolute atomic E-state index is 12.3. The van der Waals surface area contributed by atoms with Gasteiger partial charge in [0.05, 0.1) is 12.5 Å². The van der Waals surface area contributed by atoms with Gasteiger partial charge in [0, 0.05) is 23.7 Å². The highest BCUT2D eigenvalue weighted by Gasteiger charge is 2.29. The van der Waals surface area contributed by atoms with E-state index in [1.54, 1.807) is 30.5 Å². The van der Waals surface area contributed by atoms with Gasteiger partial charge in [-0.25, -0.2) is 0 Å². The van der Waals surface area contributed by atoms with Crippen LogP contribution < -0.4 is 0 Å². The lowest BCUT2D eigenvalue weighted by Crippen LogP contribution is -2.32. The van der Waals surface area contributed by atoms with Crippen LogP contribution in [0.1, 0.15) is 40.9 Å². The monoisotopic (exact) mass is 383 g/mol. The lowest BCUT2D eigenvalue weighted by Gasteiger charge is -2.32. The Hall–Kier alpha value is -2.92. The molecule has 0 aromatic heterocycles. The van der Waals surface area contributed by atoms with Crippen LogP contribution in [0.25, 0.3) is 6.08 Å². The highest BCUT2D eigenvalue weighted by atomic mass is 35.5. The van der Waals surface area contributed by atoms with Gasteiger partial charge < -0.3 is 9.64 Å². The molecule has 0 radical (unpaired) electrons. The zero-order valence-corrected chi connectivity index (χ0v) is 15.5. The van der Waals surface area contributed by atoms with Crippen LogP contribution in [-0.2, 0) is 14.3 Å². The molecule has 0 saturated heterocycles. The molecule has 27 heavy (non-hydrogen) atoms. The number of carbonyl (C=O) groups is 3. The second-order valence-corrected chi connectivity index (χ2v) is 6.62. The topological polar surface area (TPSA) is 63.7 Å². The molecule has 1 amide bonds. The SMILES string of the molecule is CC(=O)N1C=Cc2ccccc2[C@@H]1CC(=O)OCC(=O)c1ccc(Cl)cc1. The Morgan fingerprint density at radius 1 is 1.07 bits per heavy atom. The third-order valence-corrected chi connectivity index (χ3v) is 4.61. The Kier molecular flexibility index (Phi) is 5.72. The van der Waals surface area contributed by atoms with Gasteiger partial charge in [-0.15, -0.1) is 0 Å². The van der Waals surface area contributed by atoms with Gasteiger partial charge in [0.2, 0.25) is 5.91 Å². The van der Waals surface area contributed by atoms with Crippen molar-refractivity contribution < 1.29 is 19.1 Å². The summed E-state index contributed by atoms with van der Waals surface area (Å²) in [6.45, 7) is 1.09. The smallest absolute Gasteiger partial charge is 0.308 e. The number of ketones is 1. The van der Waals surface area contributed by atoms with E-state index in [2.05, 4.69) is 0 Å². The molecule has 0 aliphatic carbocycles. The number of fused-ring (bicyclic) bond motifs is 1. The van der Waals surface area contributed by atoms with E-state index in [1.807, 2.05) is 30.3 Å². The third kappa shape index (κ3) is 4.44. The second-order valence-electron chi connectivity index (χ2n) is 6.18. The molecule has 2 aromatic rings. The number of amides is 1. The molecule has 0 N–H and O–H groups in total. The summed E-state index contributed by atoms with van der Waals surface area (Å²) in [5.74, 6) is -1.03. The first kappa shape index (κ1) is 18.9. The number of esters is 1. The molecule has 1 atom stereocenters. The molecule has 0 spiro atoms. The fourth-order valence-electron chi connectivity index (χ4n) is 3.00. The standard InChI is InChI=1S/C21H18ClNO4/c1-14(24)23-11-10-15-4-2-3-5-18(15)19(23)12-21(26)27-13-20(25)16-6-8-17(22)9-7-16/h2-11,19H,12-13H2,1H3/t19-/m0/s1. The van der Waals surface area contributed by atoms with E-state index < -0.39 is 12.0 Å². The quantitative estimate of drug-likeness (QED) is 0.577. The Labute approximate surface area is 162 Å². The number of Topliss-reactive ketones (excluding diaryl/α,β-unsaturated/α-hetero) is 1.